The van der Waals surface area contributed by atoms with Gasteiger partial charge in [0.2, 0.25) is 5.91 Å². The number of hydrogen-bond acceptors (Lipinski definition) is 4. The highest BCUT2D eigenvalue weighted by atomic mass is 16.5. The molecule has 5 nitrogen and oxygen atoms in total. The van der Waals surface area contributed by atoms with Crippen molar-refractivity contribution in [3.05, 3.63) is 54.4 Å². The van der Waals surface area contributed by atoms with Gasteiger partial charge in [-0.3, -0.25) is 14.7 Å². The highest BCUT2D eigenvalue weighted by Gasteiger charge is 2.09. The van der Waals surface area contributed by atoms with E-state index in [2.05, 4.69) is 24.1 Å². The van der Waals surface area contributed by atoms with Gasteiger partial charge in [0.1, 0.15) is 12.4 Å². The number of amides is 1. The second-order valence-corrected chi connectivity index (χ2v) is 5.73. The molecule has 0 saturated heterocycles. The fourth-order valence-electron chi connectivity index (χ4n) is 1.89. The lowest BCUT2D eigenvalue weighted by molar-refractivity contribution is -0.117. The molecule has 2 aromatic rings. The van der Waals surface area contributed by atoms with E-state index in [0.717, 1.165) is 17.0 Å². The number of rotatable bonds is 7. The number of hydrogen-bond donors (Lipinski definition) is 1. The highest BCUT2D eigenvalue weighted by Crippen LogP contribution is 2.17. The van der Waals surface area contributed by atoms with Crippen molar-refractivity contribution in [1.82, 2.24) is 9.88 Å². The van der Waals surface area contributed by atoms with Gasteiger partial charge in [-0.05, 0) is 51.2 Å². The van der Waals surface area contributed by atoms with Crippen molar-refractivity contribution >= 4 is 11.6 Å². The monoisotopic (exact) mass is 313 g/mol. The van der Waals surface area contributed by atoms with Gasteiger partial charge in [-0.15, -0.1) is 0 Å². The lowest BCUT2D eigenvalue weighted by Crippen LogP contribution is -2.34. The highest BCUT2D eigenvalue weighted by molar-refractivity contribution is 5.92. The third-order valence-corrected chi connectivity index (χ3v) is 3.54. The van der Waals surface area contributed by atoms with Gasteiger partial charge in [0, 0.05) is 29.7 Å². The van der Waals surface area contributed by atoms with E-state index in [1.165, 1.54) is 0 Å². The number of carbonyl (C=O) groups is 1. The summed E-state index contributed by atoms with van der Waals surface area (Å²) in [6.07, 6.45) is 3.51. The average molecular weight is 313 g/mol. The minimum atomic E-state index is -0.0229. The summed E-state index contributed by atoms with van der Waals surface area (Å²) in [6.45, 7) is 4.96. The normalized spacial score (nSPS) is 10.8. The zero-order valence-electron chi connectivity index (χ0n) is 13.8. The average Bonchev–Trinajstić information content (AvgIpc) is 2.55. The number of nitrogens with zero attached hydrogens (tertiary/aromatic N) is 2. The van der Waals surface area contributed by atoms with Crippen molar-refractivity contribution in [3.8, 4) is 5.75 Å². The Hall–Kier alpha value is -2.40. The zero-order chi connectivity index (χ0) is 16.7. The van der Waals surface area contributed by atoms with Crippen molar-refractivity contribution in [2.24, 2.45) is 0 Å². The van der Waals surface area contributed by atoms with Gasteiger partial charge in [-0.1, -0.05) is 6.07 Å². The smallest absolute Gasteiger partial charge is 0.238 e. The first kappa shape index (κ1) is 17.0. The Labute approximate surface area is 137 Å². The Morgan fingerprint density at radius 3 is 2.61 bits per heavy atom. The quantitative estimate of drug-likeness (QED) is 0.854. The van der Waals surface area contributed by atoms with Crippen molar-refractivity contribution in [1.29, 1.82) is 0 Å². The van der Waals surface area contributed by atoms with Crippen molar-refractivity contribution in [3.63, 3.8) is 0 Å². The standard InChI is InChI=1S/C18H23N3O2/c1-14(2)21(3)12-18(22)20-16-6-8-17(9-7-16)23-13-15-5-4-10-19-11-15/h4-11,14H,12-13H2,1-3H3,(H,20,22). The maximum atomic E-state index is 11.9. The molecule has 0 spiro atoms. The number of aromatic nitrogens is 1. The molecule has 1 aromatic carbocycles. The minimum Gasteiger partial charge on any atom is -0.489 e. The molecule has 5 heteroatoms. The molecule has 0 aliphatic carbocycles. The summed E-state index contributed by atoms with van der Waals surface area (Å²) < 4.78 is 5.69. The van der Waals surface area contributed by atoms with Crippen LogP contribution in [0.15, 0.2) is 48.8 Å². The maximum absolute atomic E-state index is 11.9. The minimum absolute atomic E-state index is 0.0229. The maximum Gasteiger partial charge on any atom is 0.238 e. The SMILES string of the molecule is CC(C)N(C)CC(=O)Nc1ccc(OCc2cccnc2)cc1. The largest absolute Gasteiger partial charge is 0.489 e. The molecule has 0 bridgehead atoms. The van der Waals surface area contributed by atoms with E-state index in [1.807, 2.05) is 48.3 Å². The molecule has 0 unspecified atom stereocenters. The Morgan fingerprint density at radius 2 is 2.00 bits per heavy atom. The summed E-state index contributed by atoms with van der Waals surface area (Å²) in [5.74, 6) is 0.733. The van der Waals surface area contributed by atoms with Crippen LogP contribution in [0.3, 0.4) is 0 Å². The van der Waals surface area contributed by atoms with Crippen LogP contribution in [-0.2, 0) is 11.4 Å². The Balaban J connectivity index is 1.83. The summed E-state index contributed by atoms with van der Waals surface area (Å²) in [5, 5.41) is 2.88. The molecular formula is C18H23N3O2. The molecule has 0 aliphatic heterocycles. The molecule has 1 amide bonds. The Bertz CT molecular complexity index is 612. The molecule has 0 atom stereocenters. The van der Waals surface area contributed by atoms with Gasteiger partial charge in [-0.25, -0.2) is 0 Å². The van der Waals surface area contributed by atoms with Crippen LogP contribution in [0.1, 0.15) is 19.4 Å². The lowest BCUT2D eigenvalue weighted by atomic mass is 10.3. The molecule has 2 rings (SSSR count). The summed E-state index contributed by atoms with van der Waals surface area (Å²) in [5.41, 5.74) is 1.78. The molecule has 0 radical (unpaired) electrons. The molecule has 1 N–H and O–H groups in total. The predicted octanol–water partition coefficient (Wildman–Crippen LogP) is 2.94. The van der Waals surface area contributed by atoms with Gasteiger partial charge in [0.25, 0.3) is 0 Å². The van der Waals surface area contributed by atoms with Crippen LogP contribution in [0.2, 0.25) is 0 Å². The van der Waals surface area contributed by atoms with Crippen molar-refractivity contribution in [2.75, 3.05) is 18.9 Å². The fraction of sp³-hybridized carbons (Fsp3) is 0.333. The second kappa shape index (κ2) is 8.29. The van der Waals surface area contributed by atoms with Crippen molar-refractivity contribution in [2.45, 2.75) is 26.5 Å². The van der Waals surface area contributed by atoms with Gasteiger partial charge in [0.05, 0.1) is 6.54 Å². The van der Waals surface area contributed by atoms with Gasteiger partial charge in [-0.2, -0.15) is 0 Å². The summed E-state index contributed by atoms with van der Waals surface area (Å²) >= 11 is 0. The second-order valence-electron chi connectivity index (χ2n) is 5.73. The Kier molecular flexibility index (Phi) is 6.11. The first-order valence-corrected chi connectivity index (χ1v) is 7.66. The molecule has 23 heavy (non-hydrogen) atoms. The van der Waals surface area contributed by atoms with Crippen LogP contribution in [0.5, 0.6) is 5.75 Å². The molecule has 0 aliphatic rings. The van der Waals surface area contributed by atoms with Crippen LogP contribution >= 0.6 is 0 Å². The van der Waals surface area contributed by atoms with Crippen molar-refractivity contribution < 1.29 is 9.53 Å². The predicted molar refractivity (Wildman–Crippen MR) is 91.4 cm³/mol. The van der Waals surface area contributed by atoms with Crippen LogP contribution < -0.4 is 10.1 Å². The van der Waals surface area contributed by atoms with E-state index in [4.69, 9.17) is 4.74 Å². The molecule has 1 aromatic heterocycles. The van der Waals surface area contributed by atoms with E-state index in [1.54, 1.807) is 12.4 Å². The number of benzene rings is 1. The Morgan fingerprint density at radius 1 is 1.26 bits per heavy atom. The third kappa shape index (κ3) is 5.71. The number of ether oxygens (including phenoxy) is 1. The number of nitrogens with one attached hydrogen (secondary N) is 1. The van der Waals surface area contributed by atoms with Crippen LogP contribution in [0, 0.1) is 0 Å². The van der Waals surface area contributed by atoms with E-state index >= 15 is 0 Å². The molecular weight excluding hydrogens is 290 g/mol. The molecule has 1 heterocycles. The van der Waals surface area contributed by atoms with Crippen LogP contribution in [-0.4, -0.2) is 35.4 Å². The zero-order valence-corrected chi connectivity index (χ0v) is 13.8. The summed E-state index contributed by atoms with van der Waals surface area (Å²) in [6, 6.07) is 11.6. The fourth-order valence-corrected chi connectivity index (χ4v) is 1.89. The third-order valence-electron chi connectivity index (χ3n) is 3.54. The topological polar surface area (TPSA) is 54.5 Å². The van der Waals surface area contributed by atoms with E-state index in [-0.39, 0.29) is 5.91 Å². The van der Waals surface area contributed by atoms with Gasteiger partial charge >= 0.3 is 0 Å². The van der Waals surface area contributed by atoms with Crippen LogP contribution in [0.25, 0.3) is 0 Å². The van der Waals surface area contributed by atoms with Gasteiger partial charge < -0.3 is 10.1 Å². The molecule has 122 valence electrons. The van der Waals surface area contributed by atoms with E-state index in [9.17, 15) is 4.79 Å². The van der Waals surface area contributed by atoms with Crippen LogP contribution in [0.4, 0.5) is 5.69 Å². The lowest BCUT2D eigenvalue weighted by Gasteiger charge is -2.20. The number of carbonyl (C=O) groups excluding carboxylic acids is 1. The molecule has 0 saturated carbocycles. The summed E-state index contributed by atoms with van der Waals surface area (Å²) in [4.78, 5) is 18.0. The number of likely N-dealkylation sites (N-methyl/N-ethyl adjacent to an activating group) is 1. The van der Waals surface area contributed by atoms with E-state index in [0.29, 0.717) is 19.2 Å². The number of anilines is 1. The summed E-state index contributed by atoms with van der Waals surface area (Å²) in [7, 11) is 1.93. The van der Waals surface area contributed by atoms with E-state index < -0.39 is 0 Å². The van der Waals surface area contributed by atoms with Gasteiger partial charge in [0.15, 0.2) is 0 Å². The number of pyridine rings is 1. The first-order valence-electron chi connectivity index (χ1n) is 7.66. The molecule has 0 fully saturated rings. The first-order chi connectivity index (χ1) is 11.0.